The van der Waals surface area contributed by atoms with E-state index in [-0.39, 0.29) is 24.3 Å². The van der Waals surface area contributed by atoms with Crippen molar-refractivity contribution in [1.82, 2.24) is 20.1 Å². The average Bonchev–Trinajstić information content (AvgIpc) is 3.72. The van der Waals surface area contributed by atoms with Gasteiger partial charge >= 0.3 is 0 Å². The number of nitrogens with zero attached hydrogens (tertiary/aromatic N) is 3. The number of amides is 3. The first-order valence-corrected chi connectivity index (χ1v) is 15.5. The van der Waals surface area contributed by atoms with Gasteiger partial charge in [-0.1, -0.05) is 65.0 Å². The summed E-state index contributed by atoms with van der Waals surface area (Å²) in [6.07, 6.45) is 1.32. The molecule has 3 aromatic rings. The van der Waals surface area contributed by atoms with Crippen LogP contribution in [-0.4, -0.2) is 58.2 Å². The molecular formula is C33H42N4O4S. The Balaban J connectivity index is 0.00000198. The van der Waals surface area contributed by atoms with Crippen LogP contribution in [0.2, 0.25) is 0 Å². The highest BCUT2D eigenvalue weighted by Gasteiger charge is 2.47. The summed E-state index contributed by atoms with van der Waals surface area (Å²) >= 11 is 1.58. The fraction of sp³-hybridized carbons (Fsp3) is 0.455. The van der Waals surface area contributed by atoms with Crippen LogP contribution in [0.1, 0.15) is 74.6 Å². The number of carbonyl (C=O) groups is 3. The van der Waals surface area contributed by atoms with Gasteiger partial charge in [-0.3, -0.25) is 14.4 Å². The maximum absolute atomic E-state index is 14.1. The van der Waals surface area contributed by atoms with Gasteiger partial charge in [0.1, 0.15) is 17.8 Å². The molecule has 42 heavy (non-hydrogen) atoms. The molecule has 0 radical (unpaired) electrons. The van der Waals surface area contributed by atoms with E-state index in [4.69, 9.17) is 4.74 Å². The van der Waals surface area contributed by atoms with Gasteiger partial charge in [0.25, 0.3) is 5.91 Å². The smallest absolute Gasteiger partial charge is 0.255 e. The normalized spacial score (nSPS) is 16.9. The SMILES string of the molecule is CC.COc1cc(-c2scnc2C)ccc1CNC(=O)C1CCCN1C(=O)C(N1Cc2ccccc2C1=O)C(C)(C)C. The molecule has 0 aliphatic carbocycles. The minimum Gasteiger partial charge on any atom is -0.496 e. The van der Waals surface area contributed by atoms with Gasteiger partial charge in [-0.2, -0.15) is 0 Å². The van der Waals surface area contributed by atoms with Crippen molar-refractivity contribution in [3.05, 3.63) is 70.4 Å². The molecule has 3 heterocycles. The number of nitrogens with one attached hydrogen (secondary N) is 1. The number of hydrogen-bond acceptors (Lipinski definition) is 6. The predicted octanol–water partition coefficient (Wildman–Crippen LogP) is 5.83. The summed E-state index contributed by atoms with van der Waals surface area (Å²) in [5, 5.41) is 3.03. The first-order valence-electron chi connectivity index (χ1n) is 14.6. The zero-order chi connectivity index (χ0) is 30.6. The number of likely N-dealkylation sites (tertiary alicyclic amines) is 1. The predicted molar refractivity (Wildman–Crippen MR) is 166 cm³/mol. The minimum atomic E-state index is -0.677. The highest BCUT2D eigenvalue weighted by molar-refractivity contribution is 7.13. The average molecular weight is 591 g/mol. The summed E-state index contributed by atoms with van der Waals surface area (Å²) in [6.45, 7) is 13.1. The molecular weight excluding hydrogens is 548 g/mol. The van der Waals surface area contributed by atoms with Crippen molar-refractivity contribution in [2.75, 3.05) is 13.7 Å². The van der Waals surface area contributed by atoms with E-state index in [1.54, 1.807) is 28.2 Å². The fourth-order valence-electron chi connectivity index (χ4n) is 5.83. The first kappa shape index (κ1) is 31.2. The van der Waals surface area contributed by atoms with Gasteiger partial charge in [0.15, 0.2) is 0 Å². The summed E-state index contributed by atoms with van der Waals surface area (Å²) in [6, 6.07) is 12.2. The summed E-state index contributed by atoms with van der Waals surface area (Å²) < 4.78 is 5.63. The largest absolute Gasteiger partial charge is 0.496 e. The molecule has 1 aromatic heterocycles. The van der Waals surface area contributed by atoms with Crippen LogP contribution >= 0.6 is 11.3 Å². The molecule has 2 unspecified atom stereocenters. The number of aryl methyl sites for hydroxylation is 1. The Morgan fingerprint density at radius 1 is 1.17 bits per heavy atom. The van der Waals surface area contributed by atoms with Crippen LogP contribution in [0.15, 0.2) is 48.0 Å². The third kappa shape index (κ3) is 6.21. The number of rotatable bonds is 7. The molecule has 224 valence electrons. The van der Waals surface area contributed by atoms with E-state index in [0.29, 0.717) is 30.8 Å². The Kier molecular flexibility index (Phi) is 9.71. The number of benzene rings is 2. The van der Waals surface area contributed by atoms with Crippen LogP contribution < -0.4 is 10.1 Å². The second kappa shape index (κ2) is 13.1. The van der Waals surface area contributed by atoms with Crippen molar-refractivity contribution in [2.24, 2.45) is 5.41 Å². The molecule has 3 amide bonds. The number of methoxy groups -OCH3 is 1. The van der Waals surface area contributed by atoms with E-state index in [0.717, 1.165) is 33.7 Å². The highest BCUT2D eigenvalue weighted by Crippen LogP contribution is 2.35. The summed E-state index contributed by atoms with van der Waals surface area (Å²) in [7, 11) is 1.62. The van der Waals surface area contributed by atoms with Crippen molar-refractivity contribution < 1.29 is 19.1 Å². The molecule has 2 aromatic carbocycles. The molecule has 2 aliphatic heterocycles. The lowest BCUT2D eigenvalue weighted by Gasteiger charge is -2.40. The second-order valence-electron chi connectivity index (χ2n) is 11.6. The van der Waals surface area contributed by atoms with Gasteiger partial charge in [0.2, 0.25) is 11.8 Å². The van der Waals surface area contributed by atoms with E-state index in [9.17, 15) is 14.4 Å². The Morgan fingerprint density at radius 3 is 2.55 bits per heavy atom. The lowest BCUT2D eigenvalue weighted by atomic mass is 9.84. The Bertz CT molecular complexity index is 1440. The maximum atomic E-state index is 14.1. The van der Waals surface area contributed by atoms with Crippen molar-refractivity contribution in [1.29, 1.82) is 0 Å². The van der Waals surface area contributed by atoms with E-state index in [2.05, 4.69) is 10.3 Å². The molecule has 5 rings (SSSR count). The number of thiazole rings is 1. The van der Waals surface area contributed by atoms with Gasteiger partial charge in [-0.05, 0) is 48.4 Å². The molecule has 2 aliphatic rings. The molecule has 0 saturated carbocycles. The molecule has 9 heteroatoms. The lowest BCUT2D eigenvalue weighted by molar-refractivity contribution is -0.145. The standard InChI is InChI=1S/C31H36N4O4S.C2H6/c1-19-26(40-18-33-19)20-12-13-21(25(15-20)39-5)16-32-28(36)24-11-8-14-34(24)30(38)27(31(2,3)4)35-17-22-9-6-7-10-23(22)29(35)37;1-2/h6-7,9-10,12-13,15,18,24,27H,8,11,14,16-17H2,1-5H3,(H,32,36);1-2H3. The Labute approximate surface area is 253 Å². The third-order valence-corrected chi connectivity index (χ3v) is 8.78. The number of hydrogen-bond donors (Lipinski definition) is 1. The lowest BCUT2D eigenvalue weighted by Crippen LogP contribution is -2.57. The van der Waals surface area contributed by atoms with E-state index < -0.39 is 17.5 Å². The number of ether oxygens (including phenoxy) is 1. The zero-order valence-corrected chi connectivity index (χ0v) is 26.5. The van der Waals surface area contributed by atoms with Crippen molar-refractivity contribution in [2.45, 2.75) is 79.6 Å². The maximum Gasteiger partial charge on any atom is 0.255 e. The third-order valence-electron chi connectivity index (χ3n) is 7.80. The number of fused-ring (bicyclic) bond motifs is 1. The molecule has 8 nitrogen and oxygen atoms in total. The van der Waals surface area contributed by atoms with Gasteiger partial charge < -0.3 is 19.9 Å². The highest BCUT2D eigenvalue weighted by atomic mass is 32.1. The van der Waals surface area contributed by atoms with E-state index in [1.807, 2.05) is 89.5 Å². The van der Waals surface area contributed by atoms with Gasteiger partial charge in [0, 0.05) is 30.8 Å². The van der Waals surface area contributed by atoms with Gasteiger partial charge in [-0.25, -0.2) is 4.98 Å². The van der Waals surface area contributed by atoms with Crippen molar-refractivity contribution in [3.8, 4) is 16.2 Å². The van der Waals surface area contributed by atoms with Crippen LogP contribution in [0, 0.1) is 12.3 Å². The van der Waals surface area contributed by atoms with Crippen molar-refractivity contribution >= 4 is 29.1 Å². The molecule has 2 atom stereocenters. The minimum absolute atomic E-state index is 0.131. The summed E-state index contributed by atoms with van der Waals surface area (Å²) in [5.41, 5.74) is 5.72. The first-order chi connectivity index (χ1) is 20.1. The zero-order valence-electron chi connectivity index (χ0n) is 25.7. The van der Waals surface area contributed by atoms with E-state index in [1.165, 1.54) is 0 Å². The van der Waals surface area contributed by atoms with Crippen LogP contribution in [0.4, 0.5) is 0 Å². The number of carbonyl (C=O) groups excluding carboxylic acids is 3. The fourth-order valence-corrected chi connectivity index (χ4v) is 6.63. The molecule has 1 N–H and O–H groups in total. The van der Waals surface area contributed by atoms with E-state index >= 15 is 0 Å². The van der Waals surface area contributed by atoms with Gasteiger partial charge in [-0.15, -0.1) is 11.3 Å². The van der Waals surface area contributed by atoms with Crippen molar-refractivity contribution in [3.63, 3.8) is 0 Å². The number of aromatic nitrogens is 1. The van der Waals surface area contributed by atoms with Crippen LogP contribution in [0.3, 0.4) is 0 Å². The molecule has 0 spiro atoms. The molecule has 1 saturated heterocycles. The summed E-state index contributed by atoms with van der Waals surface area (Å²) in [4.78, 5) is 49.6. The van der Waals surface area contributed by atoms with Crippen LogP contribution in [-0.2, 0) is 22.7 Å². The van der Waals surface area contributed by atoms with Crippen LogP contribution in [0.5, 0.6) is 5.75 Å². The Morgan fingerprint density at radius 2 is 1.90 bits per heavy atom. The monoisotopic (exact) mass is 590 g/mol. The second-order valence-corrected chi connectivity index (χ2v) is 12.4. The Hall–Kier alpha value is -3.72. The van der Waals surface area contributed by atoms with Crippen LogP contribution in [0.25, 0.3) is 10.4 Å². The topological polar surface area (TPSA) is 91.8 Å². The summed E-state index contributed by atoms with van der Waals surface area (Å²) in [5.74, 6) is 0.185. The molecule has 0 bridgehead atoms. The molecule has 1 fully saturated rings. The van der Waals surface area contributed by atoms with Gasteiger partial charge in [0.05, 0.1) is 23.2 Å². The quantitative estimate of drug-likeness (QED) is 0.374.